The molecule has 610 valence electrons. The van der Waals surface area contributed by atoms with E-state index in [-0.39, 0.29) is 28.5 Å². The molecule has 1 unspecified atom stereocenters. The topological polar surface area (TPSA) is 236 Å². The summed E-state index contributed by atoms with van der Waals surface area (Å²) in [5.41, 5.74) is 14.7. The van der Waals surface area contributed by atoms with Gasteiger partial charge >= 0.3 is 6.03 Å². The molecule has 5 fully saturated rings. The lowest BCUT2D eigenvalue weighted by molar-refractivity contribution is 0.0835. The molecule has 3 aliphatic heterocycles. The van der Waals surface area contributed by atoms with Gasteiger partial charge in [0.15, 0.2) is 17.3 Å². The number of ether oxygens (including phenoxy) is 4. The molecule has 4 aliphatic carbocycles. The molecule has 24 nitrogen and oxygen atoms in total. The van der Waals surface area contributed by atoms with Crippen molar-refractivity contribution in [3.8, 4) is 28.5 Å². The number of methoxy groups -OCH3 is 3. The Labute approximate surface area is 684 Å². The highest BCUT2D eigenvalue weighted by Gasteiger charge is 2.58. The average Bonchev–Trinajstić information content (AvgIpc) is 1.54. The van der Waals surface area contributed by atoms with Crippen molar-refractivity contribution in [3.63, 3.8) is 0 Å². The quantitative estimate of drug-likeness (QED) is 0.0572. The summed E-state index contributed by atoms with van der Waals surface area (Å²) in [6.45, 7) is 14.4. The fraction of sp³-hybridized carbons (Fsp3) is 0.441. The van der Waals surface area contributed by atoms with Crippen LogP contribution in [-0.2, 0) is 55.6 Å². The fourth-order valence-electron chi connectivity index (χ4n) is 17.7. The third-order valence-electron chi connectivity index (χ3n) is 24.7. The third kappa shape index (κ3) is 17.2. The van der Waals surface area contributed by atoms with Crippen LogP contribution in [0, 0.1) is 17.8 Å². The number of carbonyl (C=O) groups excluding carboxylic acids is 1. The van der Waals surface area contributed by atoms with Crippen molar-refractivity contribution in [2.24, 2.45) is 17.8 Å². The number of benzene rings is 5. The summed E-state index contributed by atoms with van der Waals surface area (Å²) in [5.74, 6) is 8.85. The van der Waals surface area contributed by atoms with Crippen LogP contribution in [-0.4, -0.2) is 141 Å². The zero-order valence-electron chi connectivity index (χ0n) is 69.2. The van der Waals surface area contributed by atoms with Crippen LogP contribution < -0.4 is 40.9 Å². The Hall–Kier alpha value is -11.2. The number of likely N-dealkylation sites (tertiary alicyclic amines) is 1. The van der Waals surface area contributed by atoms with E-state index in [1.54, 1.807) is 45.0 Å². The third-order valence-corrected chi connectivity index (χ3v) is 24.7. The second kappa shape index (κ2) is 35.3. The minimum Gasteiger partial charge on any atom is -0.497 e. The number of urea groups is 1. The maximum absolute atomic E-state index is 13.8. The summed E-state index contributed by atoms with van der Waals surface area (Å²) < 4.78 is 31.8. The monoisotopic (exact) mass is 1580 g/mol. The first-order valence-corrected chi connectivity index (χ1v) is 42.3. The van der Waals surface area contributed by atoms with E-state index in [9.17, 15) is 14.4 Å². The molecule has 7 aromatic heterocycles. The van der Waals surface area contributed by atoms with E-state index in [2.05, 4.69) is 151 Å². The number of fused-ring (bicyclic) bond motifs is 6. The van der Waals surface area contributed by atoms with E-state index in [4.69, 9.17) is 29.0 Å². The van der Waals surface area contributed by atoms with Crippen LogP contribution in [0.15, 0.2) is 168 Å². The smallest absolute Gasteiger partial charge is 0.325 e. The van der Waals surface area contributed by atoms with Gasteiger partial charge in [-0.15, -0.1) is 10.2 Å². The van der Waals surface area contributed by atoms with Crippen LogP contribution in [0.5, 0.6) is 17.2 Å². The molecule has 24 heteroatoms. The lowest BCUT2D eigenvalue weighted by Gasteiger charge is -2.33. The Bertz CT molecular complexity index is 5560. The van der Waals surface area contributed by atoms with Gasteiger partial charge in [0.2, 0.25) is 5.65 Å². The second-order valence-corrected chi connectivity index (χ2v) is 33.2. The molecule has 2 amide bonds. The molecular weight excluding hydrogens is 1470 g/mol. The highest BCUT2D eigenvalue weighted by atomic mass is 16.5. The molecule has 7 aliphatic rings. The Kier molecular flexibility index (Phi) is 24.0. The lowest BCUT2D eigenvalue weighted by Crippen LogP contribution is -2.46. The summed E-state index contributed by atoms with van der Waals surface area (Å²) in [7, 11) is 8.96. The van der Waals surface area contributed by atoms with Crippen molar-refractivity contribution >= 4 is 51.2 Å². The normalized spacial score (nSPS) is 17.1. The number of nitrogens with one attached hydrogen (secondary N) is 2. The number of hydrogen-bond donors (Lipinski definition) is 2. The first-order chi connectivity index (χ1) is 57.1. The van der Waals surface area contributed by atoms with Crippen molar-refractivity contribution < 1.29 is 23.7 Å². The molecule has 3 saturated carbocycles. The molecular formula is C93H111N17O7. The Morgan fingerprint density at radius 1 is 0.684 bits per heavy atom. The van der Waals surface area contributed by atoms with Crippen molar-refractivity contribution in [1.29, 1.82) is 0 Å². The average molecular weight is 1580 g/mol. The fourth-order valence-corrected chi connectivity index (χ4v) is 17.7. The molecule has 0 radical (unpaired) electrons. The van der Waals surface area contributed by atoms with Crippen LogP contribution in [0.4, 0.5) is 27.9 Å². The number of rotatable bonds is 24. The first-order valence-electron chi connectivity index (χ1n) is 42.3. The summed E-state index contributed by atoms with van der Waals surface area (Å²) in [5, 5.41) is 22.0. The predicted octanol–water partition coefficient (Wildman–Crippen LogP) is 16.4. The minimum absolute atomic E-state index is 0.00662. The zero-order valence-corrected chi connectivity index (χ0v) is 69.2. The largest absolute Gasteiger partial charge is 0.497 e. The number of carbonyl (C=O) groups is 1. The van der Waals surface area contributed by atoms with Crippen LogP contribution in [0.3, 0.4) is 0 Å². The Morgan fingerprint density at radius 3 is 2.08 bits per heavy atom. The predicted molar refractivity (Wildman–Crippen MR) is 459 cm³/mol. The van der Waals surface area contributed by atoms with Gasteiger partial charge in [-0.2, -0.15) is 5.10 Å². The van der Waals surface area contributed by atoms with Gasteiger partial charge in [-0.3, -0.25) is 33.2 Å². The summed E-state index contributed by atoms with van der Waals surface area (Å²) in [6.07, 6.45) is 26.4. The number of anilines is 4. The molecule has 117 heavy (non-hydrogen) atoms. The molecule has 1 atom stereocenters. The van der Waals surface area contributed by atoms with E-state index >= 15 is 0 Å². The number of imidazole rings is 1. The maximum Gasteiger partial charge on any atom is 0.325 e. The number of pyridine rings is 1. The van der Waals surface area contributed by atoms with Gasteiger partial charge in [0.25, 0.3) is 11.1 Å². The summed E-state index contributed by atoms with van der Waals surface area (Å²) >= 11 is 0. The van der Waals surface area contributed by atoms with Gasteiger partial charge in [0, 0.05) is 109 Å². The van der Waals surface area contributed by atoms with Gasteiger partial charge in [0.05, 0.1) is 58.4 Å². The van der Waals surface area contributed by atoms with Crippen molar-refractivity contribution in [3.05, 3.63) is 236 Å². The van der Waals surface area contributed by atoms with Gasteiger partial charge in [-0.1, -0.05) is 113 Å². The molecule has 5 aromatic carbocycles. The molecule has 0 bridgehead atoms. The van der Waals surface area contributed by atoms with Crippen molar-refractivity contribution in [1.82, 2.24) is 67.6 Å². The van der Waals surface area contributed by atoms with Crippen LogP contribution in [0.1, 0.15) is 186 Å². The summed E-state index contributed by atoms with van der Waals surface area (Å²) in [6, 6.07) is 46.1. The molecule has 19 rings (SSSR count). The lowest BCUT2D eigenvalue weighted by atomic mass is 9.97. The summed E-state index contributed by atoms with van der Waals surface area (Å²) in [4.78, 5) is 63.9. The number of aromatic nitrogens is 12. The van der Waals surface area contributed by atoms with E-state index in [1.165, 1.54) is 93.3 Å². The van der Waals surface area contributed by atoms with Crippen LogP contribution >= 0.6 is 0 Å². The number of amides is 2. The van der Waals surface area contributed by atoms with Crippen LogP contribution in [0.25, 0.3) is 33.3 Å². The van der Waals surface area contributed by atoms with E-state index < -0.39 is 0 Å². The minimum atomic E-state index is -0.0331. The molecule has 10 heterocycles. The molecule has 12 aromatic rings. The van der Waals surface area contributed by atoms with E-state index in [1.807, 2.05) is 98.4 Å². The number of para-hydroxylation sites is 1. The van der Waals surface area contributed by atoms with E-state index in [0.717, 1.165) is 149 Å². The highest BCUT2D eigenvalue weighted by Crippen LogP contribution is 2.62. The highest BCUT2D eigenvalue weighted by molar-refractivity contribution is 5.96. The Balaban J connectivity index is 0.000000120. The van der Waals surface area contributed by atoms with Gasteiger partial charge in [-0.25, -0.2) is 24.4 Å². The number of aryl methyl sites for hydroxylation is 1. The van der Waals surface area contributed by atoms with Gasteiger partial charge in [-0.05, 0) is 205 Å². The van der Waals surface area contributed by atoms with Crippen molar-refractivity contribution in [2.45, 2.75) is 186 Å². The van der Waals surface area contributed by atoms with Gasteiger partial charge < -0.3 is 43.6 Å². The van der Waals surface area contributed by atoms with Gasteiger partial charge in [0.1, 0.15) is 46.4 Å². The number of hydrogen-bond acceptors (Lipinski definition) is 17. The standard InChI is InChI=1S/C31H30N4O3.C28H36N6O.C19H24N4O.C15H21N3O2/c1-37-27-11-7-23(8-12-27)20-34-26(18-22-5-9-24(10-6-22)28-4-2-3-15-32-28)21-35-29(31(34)36)19-33-30(35)25-13-16-38-17-14-25;1-20(2)17-33-27-24(19-32(4)28(33)35)26(29-23-9-6-5-7-10-23)34(30-27)18-21-12-14-22(15-13-21)25-11-8-16-31(25)3;24-17-16-20-21-18(19(9-10-19)13-7-8-13)23(16)15-4-2-1-3-14(15)22(17)11-12-5-6-12;1-5-10(6-2)18-15-11-7-8-12(19-3)14(20-4)13(11)16-9-17-15/h2-12,15,19,21,25H,13-14,16-18,20H2,1H3;5-7,9-10,12-15,20,25,29H,8,11,16-19H2,1-4H3;12-13H,1-11H2;7-10H,5-6H2,1-4H3,(H,16,17,18). The maximum atomic E-state index is 13.8. The SMILES string of the molecule is CC(C)CN1C(=O)N(C)Cc2c1nn(Cc1ccc(C3CCCN3C)cc1)c2Nc1ccccc1.CCC(CC)Nc1ncnc2c(OC)c(OC)ccc12.COc1ccc(Cn2c(Cc3ccc(-c4ccccn4)cc3)cn3c(C4CCOCC4)ncc3c2=O)cc1.O=c1c2nnc(C3(C4CC4)CC3)n2c2c(n1CC1CC1)CCCC2. The molecule has 0 spiro atoms. The number of nitrogens with zero attached hydrogens (tertiary/aromatic N) is 15. The zero-order chi connectivity index (χ0) is 80.8. The molecule has 2 N–H and O–H groups in total. The molecule has 2 saturated heterocycles. The van der Waals surface area contributed by atoms with E-state index in [0.29, 0.717) is 79.2 Å². The van der Waals surface area contributed by atoms with Crippen LogP contribution in [0.2, 0.25) is 0 Å². The first kappa shape index (κ1) is 79.6. The Morgan fingerprint density at radius 2 is 1.41 bits per heavy atom. The second-order valence-electron chi connectivity index (χ2n) is 33.2. The van der Waals surface area contributed by atoms with Crippen molar-refractivity contribution in [2.75, 3.05) is 77.3 Å².